The second kappa shape index (κ2) is 8.09. The summed E-state index contributed by atoms with van der Waals surface area (Å²) < 4.78 is 0. The fourth-order valence-corrected chi connectivity index (χ4v) is 4.53. The molecule has 1 N–H and O–H groups in total. The van der Waals surface area contributed by atoms with E-state index < -0.39 is 0 Å². The molecule has 0 aromatic heterocycles. The van der Waals surface area contributed by atoms with Crippen molar-refractivity contribution in [1.29, 1.82) is 0 Å². The quantitative estimate of drug-likeness (QED) is 0.731. The van der Waals surface area contributed by atoms with Gasteiger partial charge in [0.15, 0.2) is 0 Å². The fraction of sp³-hybridized carbons (Fsp3) is 0.667. The van der Waals surface area contributed by atoms with Crippen molar-refractivity contribution in [1.82, 2.24) is 5.32 Å². The van der Waals surface area contributed by atoms with E-state index in [9.17, 15) is 0 Å². The lowest BCUT2D eigenvalue weighted by Crippen LogP contribution is -2.40. The van der Waals surface area contributed by atoms with Gasteiger partial charge < -0.3 is 5.32 Å². The Morgan fingerprint density at radius 1 is 1.20 bits per heavy atom. The predicted octanol–water partition coefficient (Wildman–Crippen LogP) is 4.90. The first kappa shape index (κ1) is 15.9. The number of nitrogens with one attached hydrogen (secondary N) is 1. The van der Waals surface area contributed by atoms with E-state index in [1.54, 1.807) is 5.56 Å². The third kappa shape index (κ3) is 4.02. The Hall–Kier alpha value is -0.470. The van der Waals surface area contributed by atoms with E-state index in [-0.39, 0.29) is 0 Å². The zero-order valence-electron chi connectivity index (χ0n) is 13.2. The molecule has 2 heteroatoms. The number of rotatable bonds is 8. The van der Waals surface area contributed by atoms with E-state index in [1.807, 2.05) is 0 Å². The molecule has 1 aliphatic rings. The Balaban J connectivity index is 2.01. The molecule has 112 valence electrons. The van der Waals surface area contributed by atoms with Crippen LogP contribution in [0.15, 0.2) is 29.2 Å². The summed E-state index contributed by atoms with van der Waals surface area (Å²) >= 11 is 2.10. The van der Waals surface area contributed by atoms with Crippen LogP contribution in [0.1, 0.15) is 52.0 Å². The lowest BCUT2D eigenvalue weighted by atomic mass is 9.91. The van der Waals surface area contributed by atoms with Crippen molar-refractivity contribution in [2.45, 2.75) is 69.1 Å². The van der Waals surface area contributed by atoms with Crippen molar-refractivity contribution >= 4 is 11.8 Å². The summed E-state index contributed by atoms with van der Waals surface area (Å²) in [4.78, 5) is 1.50. The first-order chi connectivity index (χ1) is 9.78. The number of hydrogen-bond donors (Lipinski definition) is 1. The van der Waals surface area contributed by atoms with Gasteiger partial charge in [0.2, 0.25) is 0 Å². The van der Waals surface area contributed by atoms with Crippen LogP contribution in [0, 0.1) is 5.92 Å². The summed E-state index contributed by atoms with van der Waals surface area (Å²) in [5.74, 6) is 0.869. The van der Waals surface area contributed by atoms with Crippen LogP contribution in [0.2, 0.25) is 0 Å². The molecule has 2 unspecified atom stereocenters. The molecule has 1 aromatic carbocycles. The van der Waals surface area contributed by atoms with E-state index in [2.05, 4.69) is 62.1 Å². The van der Waals surface area contributed by atoms with Crippen LogP contribution in [-0.4, -0.2) is 17.8 Å². The minimum atomic E-state index is 0.664. The molecule has 0 amide bonds. The molecule has 2 rings (SSSR count). The minimum Gasteiger partial charge on any atom is -0.313 e. The molecule has 0 spiro atoms. The molecule has 0 bridgehead atoms. The first-order valence-electron chi connectivity index (χ1n) is 8.26. The molecule has 1 nitrogen and oxygen atoms in total. The largest absolute Gasteiger partial charge is 0.313 e. The summed E-state index contributed by atoms with van der Waals surface area (Å²) in [7, 11) is 0. The van der Waals surface area contributed by atoms with Crippen LogP contribution in [0.5, 0.6) is 0 Å². The highest BCUT2D eigenvalue weighted by Gasteiger charge is 2.30. The van der Waals surface area contributed by atoms with Gasteiger partial charge in [0, 0.05) is 16.2 Å². The molecule has 2 atom stereocenters. The molecule has 0 fully saturated rings. The van der Waals surface area contributed by atoms with Gasteiger partial charge in [-0.15, -0.1) is 11.8 Å². The zero-order valence-corrected chi connectivity index (χ0v) is 14.0. The van der Waals surface area contributed by atoms with Gasteiger partial charge >= 0.3 is 0 Å². The van der Waals surface area contributed by atoms with E-state index in [0.29, 0.717) is 6.04 Å². The molecular weight excluding hydrogens is 262 g/mol. The maximum Gasteiger partial charge on any atom is 0.0289 e. The predicted molar refractivity (Wildman–Crippen MR) is 90.6 cm³/mol. The molecule has 20 heavy (non-hydrogen) atoms. The van der Waals surface area contributed by atoms with Gasteiger partial charge in [-0.25, -0.2) is 0 Å². The third-order valence-electron chi connectivity index (χ3n) is 4.52. The van der Waals surface area contributed by atoms with E-state index in [0.717, 1.165) is 17.7 Å². The average Bonchev–Trinajstić information content (AvgIpc) is 2.91. The highest BCUT2D eigenvalue weighted by molar-refractivity contribution is 8.00. The van der Waals surface area contributed by atoms with Gasteiger partial charge in [0.1, 0.15) is 0 Å². The monoisotopic (exact) mass is 291 g/mol. The SMILES string of the molecule is CCCNC(CC(CC)CC)C1Cc2ccccc2S1. The van der Waals surface area contributed by atoms with Crippen molar-refractivity contribution < 1.29 is 0 Å². The summed E-state index contributed by atoms with van der Waals surface area (Å²) in [6.07, 6.45) is 6.42. The molecule has 0 saturated heterocycles. The molecule has 0 radical (unpaired) electrons. The van der Waals surface area contributed by atoms with E-state index in [4.69, 9.17) is 0 Å². The highest BCUT2D eigenvalue weighted by Crippen LogP contribution is 2.39. The van der Waals surface area contributed by atoms with Crippen LogP contribution >= 0.6 is 11.8 Å². The summed E-state index contributed by atoms with van der Waals surface area (Å²) in [5, 5.41) is 4.55. The first-order valence-corrected chi connectivity index (χ1v) is 9.14. The fourth-order valence-electron chi connectivity index (χ4n) is 3.11. The Labute approximate surface area is 128 Å². The summed E-state index contributed by atoms with van der Waals surface area (Å²) in [6.45, 7) is 8.08. The van der Waals surface area contributed by atoms with Crippen LogP contribution in [0.3, 0.4) is 0 Å². The van der Waals surface area contributed by atoms with Gasteiger partial charge in [-0.3, -0.25) is 0 Å². The van der Waals surface area contributed by atoms with Gasteiger partial charge in [-0.2, -0.15) is 0 Å². The normalized spacial score (nSPS) is 19.3. The minimum absolute atomic E-state index is 0.664. The standard InChI is InChI=1S/C18H29NS/c1-4-11-19-16(12-14(5-2)6-3)18-13-15-9-7-8-10-17(15)20-18/h7-10,14,16,18-19H,4-6,11-13H2,1-3H3. The summed E-state index contributed by atoms with van der Waals surface area (Å²) in [5.41, 5.74) is 1.55. The van der Waals surface area contributed by atoms with Gasteiger partial charge in [-0.05, 0) is 43.4 Å². The van der Waals surface area contributed by atoms with Crippen molar-refractivity contribution in [3.8, 4) is 0 Å². The maximum absolute atomic E-state index is 3.82. The highest BCUT2D eigenvalue weighted by atomic mass is 32.2. The van der Waals surface area contributed by atoms with Crippen LogP contribution in [-0.2, 0) is 6.42 Å². The lowest BCUT2D eigenvalue weighted by Gasteiger charge is -2.27. The van der Waals surface area contributed by atoms with Crippen LogP contribution in [0.4, 0.5) is 0 Å². The number of fused-ring (bicyclic) bond motifs is 1. The second-order valence-corrected chi connectivity index (χ2v) is 7.23. The molecule has 1 heterocycles. The molecule has 1 aromatic rings. The Morgan fingerprint density at radius 3 is 2.60 bits per heavy atom. The van der Waals surface area contributed by atoms with Crippen molar-refractivity contribution in [2.75, 3.05) is 6.54 Å². The lowest BCUT2D eigenvalue weighted by molar-refractivity contribution is 0.358. The van der Waals surface area contributed by atoms with Crippen LogP contribution in [0.25, 0.3) is 0 Å². The number of hydrogen-bond acceptors (Lipinski definition) is 2. The Kier molecular flexibility index (Phi) is 6.44. The van der Waals surface area contributed by atoms with Gasteiger partial charge in [0.05, 0.1) is 0 Å². The number of thioether (sulfide) groups is 1. The average molecular weight is 292 g/mol. The zero-order chi connectivity index (χ0) is 14.4. The van der Waals surface area contributed by atoms with E-state index in [1.165, 1.54) is 37.0 Å². The van der Waals surface area contributed by atoms with Crippen molar-refractivity contribution in [3.05, 3.63) is 29.8 Å². The topological polar surface area (TPSA) is 12.0 Å². The van der Waals surface area contributed by atoms with Crippen molar-refractivity contribution in [2.24, 2.45) is 5.92 Å². The van der Waals surface area contributed by atoms with Gasteiger partial charge in [0.25, 0.3) is 0 Å². The van der Waals surface area contributed by atoms with E-state index >= 15 is 0 Å². The Morgan fingerprint density at radius 2 is 1.95 bits per heavy atom. The smallest absolute Gasteiger partial charge is 0.0289 e. The van der Waals surface area contributed by atoms with Gasteiger partial charge in [-0.1, -0.05) is 51.8 Å². The number of benzene rings is 1. The second-order valence-electron chi connectivity index (χ2n) is 5.95. The summed E-state index contributed by atoms with van der Waals surface area (Å²) in [6, 6.07) is 9.60. The third-order valence-corrected chi connectivity index (χ3v) is 5.97. The molecular formula is C18H29NS. The molecule has 0 aliphatic carbocycles. The van der Waals surface area contributed by atoms with Crippen LogP contribution < -0.4 is 5.32 Å². The maximum atomic E-state index is 3.82. The molecule has 1 aliphatic heterocycles. The van der Waals surface area contributed by atoms with Crippen molar-refractivity contribution in [3.63, 3.8) is 0 Å². The Bertz CT molecular complexity index is 375. The molecule has 0 saturated carbocycles.